The van der Waals surface area contributed by atoms with Gasteiger partial charge in [0.25, 0.3) is 0 Å². The number of benzene rings is 1. The minimum atomic E-state index is -0.0633. The first-order valence-electron chi connectivity index (χ1n) is 7.31. The molecule has 1 saturated carbocycles. The van der Waals surface area contributed by atoms with Crippen molar-refractivity contribution in [1.29, 1.82) is 0 Å². The fourth-order valence-corrected chi connectivity index (χ4v) is 2.93. The predicted octanol–water partition coefficient (Wildman–Crippen LogP) is 2.66. The van der Waals surface area contributed by atoms with Crippen LogP contribution in [0, 0.1) is 0 Å². The predicted molar refractivity (Wildman–Crippen MR) is 83.2 cm³/mol. The highest BCUT2D eigenvalue weighted by molar-refractivity contribution is 6.32. The number of carbonyl (C=O) groups excluding carboxylic acids is 1. The van der Waals surface area contributed by atoms with E-state index in [4.69, 9.17) is 16.3 Å². The quantitative estimate of drug-likeness (QED) is 0.933. The number of amides is 2. The molecule has 0 atom stereocenters. The summed E-state index contributed by atoms with van der Waals surface area (Å²) in [7, 11) is 1.57. The number of nitrogens with zero attached hydrogens (tertiary/aromatic N) is 2. The van der Waals surface area contributed by atoms with Crippen molar-refractivity contribution in [2.24, 2.45) is 0 Å². The number of urea groups is 1. The van der Waals surface area contributed by atoms with Crippen molar-refractivity contribution in [2.75, 3.05) is 38.6 Å². The monoisotopic (exact) mass is 309 g/mol. The van der Waals surface area contributed by atoms with Crippen LogP contribution in [0.1, 0.15) is 12.8 Å². The Morgan fingerprint density at radius 2 is 2.00 bits per heavy atom. The summed E-state index contributed by atoms with van der Waals surface area (Å²) in [5, 5.41) is 3.39. The van der Waals surface area contributed by atoms with Crippen molar-refractivity contribution in [3.05, 3.63) is 23.2 Å². The summed E-state index contributed by atoms with van der Waals surface area (Å²) in [6.45, 7) is 3.52. The van der Waals surface area contributed by atoms with E-state index in [0.29, 0.717) is 16.5 Å². The average Bonchev–Trinajstić information content (AvgIpc) is 3.32. The largest absolute Gasteiger partial charge is 0.495 e. The molecule has 1 aromatic rings. The Balaban J connectivity index is 1.55. The molecule has 1 aliphatic carbocycles. The molecule has 1 aromatic carbocycles. The summed E-state index contributed by atoms with van der Waals surface area (Å²) in [5.74, 6) is 0.604. The summed E-state index contributed by atoms with van der Waals surface area (Å²) >= 11 is 6.06. The third-order valence-corrected chi connectivity index (χ3v) is 4.36. The lowest BCUT2D eigenvalue weighted by Gasteiger charge is -2.34. The Morgan fingerprint density at radius 1 is 1.29 bits per heavy atom. The Labute approximate surface area is 129 Å². The van der Waals surface area contributed by atoms with Gasteiger partial charge in [-0.2, -0.15) is 0 Å². The average molecular weight is 310 g/mol. The minimum absolute atomic E-state index is 0.0633. The molecule has 21 heavy (non-hydrogen) atoms. The molecule has 0 bridgehead atoms. The van der Waals surface area contributed by atoms with E-state index in [-0.39, 0.29) is 6.03 Å². The third-order valence-electron chi connectivity index (χ3n) is 4.07. The van der Waals surface area contributed by atoms with Crippen LogP contribution in [0.2, 0.25) is 5.02 Å². The molecule has 6 heteroatoms. The molecule has 0 radical (unpaired) electrons. The zero-order chi connectivity index (χ0) is 14.8. The van der Waals surface area contributed by atoms with Gasteiger partial charge in [0.1, 0.15) is 5.75 Å². The van der Waals surface area contributed by atoms with Crippen molar-refractivity contribution < 1.29 is 9.53 Å². The Hall–Kier alpha value is -1.46. The van der Waals surface area contributed by atoms with Gasteiger partial charge in [0.05, 0.1) is 12.1 Å². The maximum absolute atomic E-state index is 12.2. The van der Waals surface area contributed by atoms with Gasteiger partial charge in [-0.3, -0.25) is 4.90 Å². The number of methoxy groups -OCH3 is 1. The maximum atomic E-state index is 12.2. The van der Waals surface area contributed by atoms with Crippen LogP contribution in [0.25, 0.3) is 0 Å². The van der Waals surface area contributed by atoms with Crippen molar-refractivity contribution in [2.45, 2.75) is 18.9 Å². The van der Waals surface area contributed by atoms with E-state index in [9.17, 15) is 4.79 Å². The van der Waals surface area contributed by atoms with Crippen LogP contribution in [-0.4, -0.2) is 55.2 Å². The zero-order valence-electron chi connectivity index (χ0n) is 12.1. The number of piperazine rings is 1. The summed E-state index contributed by atoms with van der Waals surface area (Å²) in [5.41, 5.74) is 0.690. The number of hydrogen-bond acceptors (Lipinski definition) is 3. The van der Waals surface area contributed by atoms with Gasteiger partial charge in [-0.1, -0.05) is 11.6 Å². The lowest BCUT2D eigenvalue weighted by molar-refractivity contribution is 0.142. The summed E-state index contributed by atoms with van der Waals surface area (Å²) < 4.78 is 5.10. The molecule has 2 amide bonds. The van der Waals surface area contributed by atoms with Gasteiger partial charge in [-0.05, 0) is 31.0 Å². The molecule has 0 spiro atoms. The molecule has 1 heterocycles. The lowest BCUT2D eigenvalue weighted by Crippen LogP contribution is -2.50. The van der Waals surface area contributed by atoms with E-state index >= 15 is 0 Å². The van der Waals surface area contributed by atoms with Crippen LogP contribution < -0.4 is 10.1 Å². The van der Waals surface area contributed by atoms with Crippen LogP contribution in [0.4, 0.5) is 10.5 Å². The maximum Gasteiger partial charge on any atom is 0.321 e. The first-order valence-corrected chi connectivity index (χ1v) is 7.68. The number of halogens is 1. The summed E-state index contributed by atoms with van der Waals surface area (Å²) in [6, 6.07) is 5.97. The molecule has 1 saturated heterocycles. The fraction of sp³-hybridized carbons (Fsp3) is 0.533. The van der Waals surface area contributed by atoms with Gasteiger partial charge >= 0.3 is 6.03 Å². The van der Waals surface area contributed by atoms with Crippen LogP contribution >= 0.6 is 11.6 Å². The second-order valence-corrected chi connectivity index (χ2v) is 5.94. The SMILES string of the molecule is COc1ccc(NC(=O)N2CCN(C3CC3)CC2)cc1Cl. The number of rotatable bonds is 3. The molecular weight excluding hydrogens is 290 g/mol. The van der Waals surface area contributed by atoms with E-state index in [0.717, 1.165) is 32.2 Å². The molecule has 0 unspecified atom stereocenters. The van der Waals surface area contributed by atoms with Crippen LogP contribution in [0.3, 0.4) is 0 Å². The zero-order valence-corrected chi connectivity index (χ0v) is 12.9. The molecular formula is C15H20ClN3O2. The normalized spacial score (nSPS) is 19.4. The molecule has 1 aliphatic heterocycles. The molecule has 2 fully saturated rings. The Morgan fingerprint density at radius 3 is 2.57 bits per heavy atom. The Bertz CT molecular complexity index is 526. The van der Waals surface area contributed by atoms with Crippen LogP contribution in [-0.2, 0) is 0 Å². The fourth-order valence-electron chi connectivity index (χ4n) is 2.68. The van der Waals surface area contributed by atoms with Gasteiger partial charge in [0, 0.05) is 37.9 Å². The highest BCUT2D eigenvalue weighted by Crippen LogP contribution is 2.28. The van der Waals surface area contributed by atoms with E-state index in [1.54, 1.807) is 25.3 Å². The van der Waals surface area contributed by atoms with Gasteiger partial charge in [0.2, 0.25) is 0 Å². The topological polar surface area (TPSA) is 44.8 Å². The number of ether oxygens (including phenoxy) is 1. The smallest absolute Gasteiger partial charge is 0.321 e. The Kier molecular flexibility index (Phi) is 4.22. The first kappa shape index (κ1) is 14.5. The number of carbonyl (C=O) groups is 1. The highest BCUT2D eigenvalue weighted by atomic mass is 35.5. The van der Waals surface area contributed by atoms with Crippen LogP contribution in [0.5, 0.6) is 5.75 Å². The van der Waals surface area contributed by atoms with Crippen molar-refractivity contribution in [3.8, 4) is 5.75 Å². The van der Waals surface area contributed by atoms with E-state index in [1.165, 1.54) is 12.8 Å². The van der Waals surface area contributed by atoms with Gasteiger partial charge in [-0.25, -0.2) is 4.79 Å². The van der Waals surface area contributed by atoms with Gasteiger partial charge in [0.15, 0.2) is 0 Å². The highest BCUT2D eigenvalue weighted by Gasteiger charge is 2.32. The van der Waals surface area contributed by atoms with Gasteiger partial charge in [-0.15, -0.1) is 0 Å². The minimum Gasteiger partial charge on any atom is -0.495 e. The number of hydrogen-bond donors (Lipinski definition) is 1. The van der Waals surface area contributed by atoms with E-state index in [2.05, 4.69) is 10.2 Å². The van der Waals surface area contributed by atoms with E-state index < -0.39 is 0 Å². The lowest BCUT2D eigenvalue weighted by atomic mass is 10.3. The molecule has 2 aliphatic rings. The van der Waals surface area contributed by atoms with Crippen LogP contribution in [0.15, 0.2) is 18.2 Å². The molecule has 5 nitrogen and oxygen atoms in total. The number of nitrogens with one attached hydrogen (secondary N) is 1. The molecule has 0 aromatic heterocycles. The third kappa shape index (κ3) is 3.41. The second-order valence-electron chi connectivity index (χ2n) is 5.53. The second kappa shape index (κ2) is 6.12. The summed E-state index contributed by atoms with van der Waals surface area (Å²) in [6.07, 6.45) is 2.63. The summed E-state index contributed by atoms with van der Waals surface area (Å²) in [4.78, 5) is 16.6. The van der Waals surface area contributed by atoms with E-state index in [1.807, 2.05) is 4.90 Å². The number of anilines is 1. The first-order chi connectivity index (χ1) is 10.2. The molecule has 3 rings (SSSR count). The standard InChI is InChI=1S/C15H20ClN3O2/c1-21-14-5-2-11(10-13(14)16)17-15(20)19-8-6-18(7-9-19)12-3-4-12/h2,5,10,12H,3-4,6-9H2,1H3,(H,17,20). The van der Waals surface area contributed by atoms with Crippen molar-refractivity contribution >= 4 is 23.3 Å². The molecule has 114 valence electrons. The van der Waals surface area contributed by atoms with Crippen molar-refractivity contribution in [3.63, 3.8) is 0 Å². The molecule has 1 N–H and O–H groups in total. The van der Waals surface area contributed by atoms with Gasteiger partial charge < -0.3 is 15.0 Å². The van der Waals surface area contributed by atoms with Crippen molar-refractivity contribution in [1.82, 2.24) is 9.80 Å².